The predicted molar refractivity (Wildman–Crippen MR) is 58.6 cm³/mol. The largest absolute Gasteiger partial charge is 0.324 e. The molecule has 5 heteroatoms. The first-order valence-corrected chi connectivity index (χ1v) is 4.92. The summed E-state index contributed by atoms with van der Waals surface area (Å²) in [5.74, 6) is -0.686. The van der Waals surface area contributed by atoms with Gasteiger partial charge in [-0.05, 0) is 24.6 Å². The molecule has 0 radical (unpaired) electrons. The van der Waals surface area contributed by atoms with Crippen molar-refractivity contribution in [3.05, 3.63) is 28.5 Å². The standard InChI is InChI=1S/C9H9ClFNOS/c1-5-2-6(10)8(3-7(5)11)12-9(13)4-14/h2-3,14H,4H2,1H3,(H,12,13). The Labute approximate surface area is 91.9 Å². The molecule has 0 spiro atoms. The van der Waals surface area contributed by atoms with E-state index in [2.05, 4.69) is 17.9 Å². The second-order valence-corrected chi connectivity index (χ2v) is 3.51. The summed E-state index contributed by atoms with van der Waals surface area (Å²) in [4.78, 5) is 11.0. The van der Waals surface area contributed by atoms with Crippen LogP contribution in [0.4, 0.5) is 10.1 Å². The predicted octanol–water partition coefficient (Wildman–Crippen LogP) is 2.66. The molecule has 14 heavy (non-hydrogen) atoms. The Morgan fingerprint density at radius 2 is 2.29 bits per heavy atom. The highest BCUT2D eigenvalue weighted by Gasteiger charge is 2.07. The van der Waals surface area contributed by atoms with Crippen LogP contribution in [0, 0.1) is 12.7 Å². The first-order chi connectivity index (χ1) is 6.54. The van der Waals surface area contributed by atoms with Gasteiger partial charge in [0.15, 0.2) is 0 Å². The van der Waals surface area contributed by atoms with Gasteiger partial charge in [0, 0.05) is 0 Å². The van der Waals surface area contributed by atoms with Crippen LogP contribution in [0.1, 0.15) is 5.56 Å². The minimum absolute atomic E-state index is 0.0336. The van der Waals surface area contributed by atoms with E-state index in [-0.39, 0.29) is 17.3 Å². The molecule has 1 rings (SSSR count). The van der Waals surface area contributed by atoms with Crippen molar-refractivity contribution in [2.24, 2.45) is 0 Å². The van der Waals surface area contributed by atoms with E-state index < -0.39 is 5.82 Å². The average Bonchev–Trinajstić information content (AvgIpc) is 2.14. The smallest absolute Gasteiger partial charge is 0.234 e. The summed E-state index contributed by atoms with van der Waals surface area (Å²) in [6, 6.07) is 2.66. The fraction of sp³-hybridized carbons (Fsp3) is 0.222. The number of thiol groups is 1. The summed E-state index contributed by atoms with van der Waals surface area (Å²) in [5.41, 5.74) is 0.715. The summed E-state index contributed by atoms with van der Waals surface area (Å²) in [6.45, 7) is 1.60. The molecule has 0 saturated carbocycles. The molecule has 1 N–H and O–H groups in total. The maximum absolute atomic E-state index is 13.1. The Morgan fingerprint density at radius 3 is 2.86 bits per heavy atom. The van der Waals surface area contributed by atoms with E-state index in [4.69, 9.17) is 11.6 Å². The molecule has 0 bridgehead atoms. The molecule has 0 saturated heterocycles. The van der Waals surface area contributed by atoms with Gasteiger partial charge in [0.05, 0.1) is 16.5 Å². The molecule has 1 amide bonds. The van der Waals surface area contributed by atoms with Gasteiger partial charge in [-0.1, -0.05) is 11.6 Å². The van der Waals surface area contributed by atoms with Crippen LogP contribution in [0.3, 0.4) is 0 Å². The molecule has 76 valence electrons. The lowest BCUT2D eigenvalue weighted by atomic mass is 10.2. The summed E-state index contributed by atoms with van der Waals surface area (Å²) in [7, 11) is 0. The van der Waals surface area contributed by atoms with Gasteiger partial charge in [-0.2, -0.15) is 12.6 Å². The topological polar surface area (TPSA) is 29.1 Å². The molecule has 0 aromatic heterocycles. The molecular formula is C9H9ClFNOS. The molecule has 0 atom stereocenters. The molecule has 0 aliphatic heterocycles. The van der Waals surface area contributed by atoms with Crippen LogP contribution in [0.2, 0.25) is 5.02 Å². The van der Waals surface area contributed by atoms with Gasteiger partial charge in [0.25, 0.3) is 0 Å². The number of hydrogen-bond donors (Lipinski definition) is 2. The van der Waals surface area contributed by atoms with Gasteiger partial charge >= 0.3 is 0 Å². The van der Waals surface area contributed by atoms with E-state index >= 15 is 0 Å². The number of hydrogen-bond acceptors (Lipinski definition) is 2. The SMILES string of the molecule is Cc1cc(Cl)c(NC(=O)CS)cc1F. The zero-order valence-electron chi connectivity index (χ0n) is 7.47. The summed E-state index contributed by atoms with van der Waals surface area (Å²) < 4.78 is 13.1. The molecule has 0 aliphatic rings. The number of benzene rings is 1. The number of aryl methyl sites for hydroxylation is 1. The average molecular weight is 234 g/mol. The van der Waals surface area contributed by atoms with Crippen molar-refractivity contribution < 1.29 is 9.18 Å². The molecule has 0 heterocycles. The number of nitrogens with one attached hydrogen (secondary N) is 1. The number of rotatable bonds is 2. The van der Waals surface area contributed by atoms with Crippen LogP contribution in [-0.2, 0) is 4.79 Å². The van der Waals surface area contributed by atoms with E-state index in [0.29, 0.717) is 10.6 Å². The van der Waals surface area contributed by atoms with Crippen LogP contribution in [0.25, 0.3) is 0 Å². The molecule has 1 aromatic rings. The molecule has 0 aliphatic carbocycles. The Bertz CT molecular complexity index is 370. The maximum Gasteiger partial charge on any atom is 0.234 e. The third-order valence-corrected chi connectivity index (χ3v) is 2.27. The minimum Gasteiger partial charge on any atom is -0.324 e. The van der Waals surface area contributed by atoms with Gasteiger partial charge in [0.1, 0.15) is 5.82 Å². The van der Waals surface area contributed by atoms with Crippen molar-refractivity contribution >= 4 is 35.8 Å². The van der Waals surface area contributed by atoms with Gasteiger partial charge in [-0.25, -0.2) is 4.39 Å². The van der Waals surface area contributed by atoms with Crippen LogP contribution in [-0.4, -0.2) is 11.7 Å². The number of amides is 1. The van der Waals surface area contributed by atoms with E-state index in [1.54, 1.807) is 6.92 Å². The van der Waals surface area contributed by atoms with Crippen LogP contribution >= 0.6 is 24.2 Å². The number of carbonyl (C=O) groups excluding carboxylic acids is 1. The van der Waals surface area contributed by atoms with E-state index in [1.165, 1.54) is 12.1 Å². The summed E-state index contributed by atoms with van der Waals surface area (Å²) in [6.07, 6.45) is 0. The van der Waals surface area contributed by atoms with Crippen molar-refractivity contribution in [2.45, 2.75) is 6.92 Å². The lowest BCUT2D eigenvalue weighted by molar-refractivity contribution is -0.113. The van der Waals surface area contributed by atoms with Crippen LogP contribution in [0.5, 0.6) is 0 Å². The van der Waals surface area contributed by atoms with Crippen molar-refractivity contribution in [2.75, 3.05) is 11.1 Å². The summed E-state index contributed by atoms with van der Waals surface area (Å²) >= 11 is 9.57. The van der Waals surface area contributed by atoms with Crippen molar-refractivity contribution in [1.29, 1.82) is 0 Å². The maximum atomic E-state index is 13.1. The molecule has 0 fully saturated rings. The quantitative estimate of drug-likeness (QED) is 0.756. The second-order valence-electron chi connectivity index (χ2n) is 2.79. The van der Waals surface area contributed by atoms with Gasteiger partial charge in [-0.15, -0.1) is 0 Å². The van der Waals surface area contributed by atoms with Gasteiger partial charge in [0.2, 0.25) is 5.91 Å². The third kappa shape index (κ3) is 2.62. The first-order valence-electron chi connectivity index (χ1n) is 3.91. The van der Waals surface area contributed by atoms with Crippen molar-refractivity contribution in [3.8, 4) is 0 Å². The number of halogens is 2. The van der Waals surface area contributed by atoms with Gasteiger partial charge in [-0.3, -0.25) is 4.79 Å². The highest BCUT2D eigenvalue weighted by Crippen LogP contribution is 2.24. The van der Waals surface area contributed by atoms with Crippen LogP contribution in [0.15, 0.2) is 12.1 Å². The van der Waals surface area contributed by atoms with Gasteiger partial charge < -0.3 is 5.32 Å². The Morgan fingerprint density at radius 1 is 1.64 bits per heavy atom. The monoisotopic (exact) mass is 233 g/mol. The fourth-order valence-electron chi connectivity index (χ4n) is 0.932. The number of carbonyl (C=O) groups is 1. The highest BCUT2D eigenvalue weighted by atomic mass is 35.5. The molecular weight excluding hydrogens is 225 g/mol. The Balaban J connectivity index is 2.98. The minimum atomic E-state index is -0.399. The summed E-state index contributed by atoms with van der Waals surface area (Å²) in [5, 5.41) is 2.76. The molecule has 0 unspecified atom stereocenters. The second kappa shape index (κ2) is 4.66. The zero-order chi connectivity index (χ0) is 10.7. The Kier molecular flexibility index (Phi) is 3.77. The van der Waals surface area contributed by atoms with E-state index in [9.17, 15) is 9.18 Å². The molecule has 2 nitrogen and oxygen atoms in total. The molecule has 1 aromatic carbocycles. The normalized spacial score (nSPS) is 10.0. The Hall–Kier alpha value is -0.740. The lowest BCUT2D eigenvalue weighted by Crippen LogP contribution is -2.13. The number of anilines is 1. The van der Waals surface area contributed by atoms with Crippen molar-refractivity contribution in [1.82, 2.24) is 0 Å². The van der Waals surface area contributed by atoms with Crippen molar-refractivity contribution in [3.63, 3.8) is 0 Å². The lowest BCUT2D eigenvalue weighted by Gasteiger charge is -2.07. The van der Waals surface area contributed by atoms with E-state index in [0.717, 1.165) is 0 Å². The highest BCUT2D eigenvalue weighted by molar-refractivity contribution is 7.81. The van der Waals surface area contributed by atoms with Crippen LogP contribution < -0.4 is 5.32 Å². The van der Waals surface area contributed by atoms with E-state index in [1.807, 2.05) is 0 Å². The fourth-order valence-corrected chi connectivity index (χ4v) is 1.28. The first kappa shape index (κ1) is 11.3. The third-order valence-electron chi connectivity index (χ3n) is 1.67. The zero-order valence-corrected chi connectivity index (χ0v) is 9.12.